The van der Waals surface area contributed by atoms with Crippen LogP contribution in [0.5, 0.6) is 17.2 Å². The van der Waals surface area contributed by atoms with Crippen molar-refractivity contribution in [2.45, 2.75) is 25.9 Å². The molecular weight excluding hydrogens is 695 g/mol. The predicted molar refractivity (Wildman–Crippen MR) is 206 cm³/mol. The Balaban J connectivity index is 1.12. The average Bonchev–Trinajstić information content (AvgIpc) is 3.88. The minimum Gasteiger partial charge on any atom is -0.508 e. The normalized spacial score (nSPS) is 16.5. The van der Waals surface area contributed by atoms with Crippen LogP contribution in [0.1, 0.15) is 37.5 Å². The number of nitriles is 1. The van der Waals surface area contributed by atoms with Crippen LogP contribution in [0, 0.1) is 24.2 Å². The Morgan fingerprint density at radius 1 is 0.945 bits per heavy atom. The summed E-state index contributed by atoms with van der Waals surface area (Å²) < 4.78 is 15.5. The molecule has 0 bridgehead atoms. The van der Waals surface area contributed by atoms with Crippen molar-refractivity contribution in [3.05, 3.63) is 119 Å². The Morgan fingerprint density at radius 2 is 1.69 bits per heavy atom. The zero-order valence-corrected chi connectivity index (χ0v) is 30.8. The van der Waals surface area contributed by atoms with E-state index in [4.69, 9.17) is 9.47 Å². The van der Waals surface area contributed by atoms with Crippen molar-refractivity contribution in [3.63, 3.8) is 0 Å². The SMILES string of the molecule is Cc1c(C(=O)N(c2ccc(O)cc2)c2cnc3c(ccn3C)c2)cc(-c2cc3c(cc2C(=O)N2Cc4ccccc4C[C@H]2CN2CC(C#N)C2)OCO3)n1C. The standard InChI is InChI=1S/C43H39N7O5/c1-26-35(43(53)50(31-8-10-34(51)11-9-31)32-15-29-12-13-46(2)41(29)45-20-32)16-38(47(26)3)36-17-39-40(55-25-54-39)18-37(36)42(52)49-23-30-7-5-4-6-28(30)14-33(49)24-48-21-27(19-44)22-48/h4-13,15-18,20,27,33,51H,14,21-25H2,1-3H3/t33-/m0/s1. The van der Waals surface area contributed by atoms with Gasteiger partial charge in [-0.25, -0.2) is 4.98 Å². The van der Waals surface area contributed by atoms with Crippen LogP contribution in [0.25, 0.3) is 22.3 Å². The molecule has 0 radical (unpaired) electrons. The van der Waals surface area contributed by atoms with Gasteiger partial charge < -0.3 is 28.6 Å². The summed E-state index contributed by atoms with van der Waals surface area (Å²) in [6, 6.07) is 26.3. The van der Waals surface area contributed by atoms with E-state index in [-0.39, 0.29) is 36.3 Å². The quantitative estimate of drug-likeness (QED) is 0.202. The molecular formula is C43H39N7O5. The molecule has 0 aliphatic carbocycles. The number of aryl methyl sites for hydroxylation is 1. The van der Waals surface area contributed by atoms with Gasteiger partial charge in [0.1, 0.15) is 11.4 Å². The summed E-state index contributed by atoms with van der Waals surface area (Å²) in [4.78, 5) is 40.3. The number of pyridine rings is 1. The molecule has 12 nitrogen and oxygen atoms in total. The number of aromatic nitrogens is 3. The van der Waals surface area contributed by atoms with Crippen LogP contribution in [0.3, 0.4) is 0 Å². The van der Waals surface area contributed by atoms with Gasteiger partial charge in [-0.2, -0.15) is 5.26 Å². The van der Waals surface area contributed by atoms with Crippen molar-refractivity contribution in [3.8, 4) is 34.6 Å². The molecule has 3 aromatic heterocycles. The van der Waals surface area contributed by atoms with Crippen LogP contribution < -0.4 is 14.4 Å². The highest BCUT2D eigenvalue weighted by atomic mass is 16.7. The summed E-state index contributed by atoms with van der Waals surface area (Å²) in [5.74, 6) is 0.667. The van der Waals surface area contributed by atoms with Crippen molar-refractivity contribution < 1.29 is 24.2 Å². The molecule has 6 heterocycles. The maximum absolute atomic E-state index is 15.0. The second-order valence-corrected chi connectivity index (χ2v) is 14.6. The number of rotatable bonds is 7. The summed E-state index contributed by atoms with van der Waals surface area (Å²) in [7, 11) is 3.81. The number of ether oxygens (including phenoxy) is 2. The van der Waals surface area contributed by atoms with Gasteiger partial charge in [0.05, 0.1) is 35.0 Å². The van der Waals surface area contributed by atoms with Gasteiger partial charge in [-0.3, -0.25) is 19.4 Å². The highest BCUT2D eigenvalue weighted by Gasteiger charge is 2.37. The zero-order valence-electron chi connectivity index (χ0n) is 30.8. The Morgan fingerprint density at radius 3 is 2.45 bits per heavy atom. The number of carbonyl (C=O) groups is 2. The summed E-state index contributed by atoms with van der Waals surface area (Å²) in [5, 5.41) is 20.4. The zero-order chi connectivity index (χ0) is 38.0. The molecule has 6 aromatic rings. The first-order chi connectivity index (χ1) is 26.7. The number of nitrogens with zero attached hydrogens (tertiary/aromatic N) is 7. The van der Waals surface area contributed by atoms with E-state index >= 15 is 4.79 Å². The van der Waals surface area contributed by atoms with E-state index in [1.54, 1.807) is 41.4 Å². The summed E-state index contributed by atoms with van der Waals surface area (Å²) in [6.45, 7) is 4.43. The molecule has 276 valence electrons. The van der Waals surface area contributed by atoms with Crippen molar-refractivity contribution in [2.75, 3.05) is 31.3 Å². The lowest BCUT2D eigenvalue weighted by Crippen LogP contribution is -2.55. The topological polar surface area (TPSA) is 129 Å². The smallest absolute Gasteiger partial charge is 0.264 e. The van der Waals surface area contributed by atoms with Gasteiger partial charge in [0.15, 0.2) is 11.5 Å². The van der Waals surface area contributed by atoms with E-state index < -0.39 is 0 Å². The van der Waals surface area contributed by atoms with Crippen LogP contribution in [0.4, 0.5) is 11.4 Å². The van der Waals surface area contributed by atoms with E-state index in [2.05, 4.69) is 28.1 Å². The minimum absolute atomic E-state index is 0.0143. The van der Waals surface area contributed by atoms with Crippen molar-refractivity contribution in [1.29, 1.82) is 5.26 Å². The average molecular weight is 734 g/mol. The van der Waals surface area contributed by atoms with Gasteiger partial charge in [0.25, 0.3) is 11.8 Å². The number of benzene rings is 3. The van der Waals surface area contributed by atoms with E-state index in [1.807, 2.05) is 77.6 Å². The van der Waals surface area contributed by atoms with Gasteiger partial charge in [-0.05, 0) is 79.1 Å². The first-order valence-corrected chi connectivity index (χ1v) is 18.3. The Bertz CT molecular complexity index is 2540. The number of amides is 2. The van der Waals surface area contributed by atoms with Crippen LogP contribution in [0.15, 0.2) is 91.3 Å². The third-order valence-electron chi connectivity index (χ3n) is 11.3. The first-order valence-electron chi connectivity index (χ1n) is 18.3. The Labute approximate surface area is 318 Å². The lowest BCUT2D eigenvalue weighted by Gasteiger charge is -2.43. The van der Waals surface area contributed by atoms with E-state index in [0.717, 1.165) is 16.6 Å². The fraction of sp³-hybridized carbons (Fsp3) is 0.256. The Kier molecular flexibility index (Phi) is 8.32. The van der Waals surface area contributed by atoms with Crippen LogP contribution >= 0.6 is 0 Å². The first kappa shape index (κ1) is 34.2. The fourth-order valence-corrected chi connectivity index (χ4v) is 8.12. The molecule has 3 aliphatic rings. The second kappa shape index (κ2) is 13.4. The molecule has 1 saturated heterocycles. The van der Waals surface area contributed by atoms with Gasteiger partial charge in [-0.1, -0.05) is 24.3 Å². The third kappa shape index (κ3) is 5.93. The number of aromatic hydroxyl groups is 1. The highest BCUT2D eigenvalue weighted by Crippen LogP contribution is 2.42. The second-order valence-electron chi connectivity index (χ2n) is 14.6. The maximum atomic E-state index is 15.0. The lowest BCUT2D eigenvalue weighted by atomic mass is 9.91. The van der Waals surface area contributed by atoms with Crippen LogP contribution in [0.2, 0.25) is 0 Å². The van der Waals surface area contributed by atoms with Crippen LogP contribution in [-0.2, 0) is 27.1 Å². The number of phenolic OH excluding ortho intramolecular Hbond substituents is 1. The predicted octanol–water partition coefficient (Wildman–Crippen LogP) is 6.32. The molecule has 0 spiro atoms. The maximum Gasteiger partial charge on any atom is 0.264 e. The number of phenols is 1. The van der Waals surface area contributed by atoms with Crippen LogP contribution in [-0.4, -0.2) is 73.3 Å². The molecule has 3 aromatic carbocycles. The van der Waals surface area contributed by atoms with E-state index in [1.165, 1.54) is 5.56 Å². The third-order valence-corrected chi connectivity index (χ3v) is 11.3. The molecule has 9 rings (SSSR count). The molecule has 12 heteroatoms. The van der Waals surface area contributed by atoms with E-state index in [9.17, 15) is 15.2 Å². The lowest BCUT2D eigenvalue weighted by molar-refractivity contribution is 0.0468. The minimum atomic E-state index is -0.298. The Hall–Kier alpha value is -6.58. The number of hydrogen-bond donors (Lipinski definition) is 1. The van der Waals surface area contributed by atoms with Gasteiger partial charge in [0, 0.05) is 80.5 Å². The number of hydrogen-bond acceptors (Lipinski definition) is 8. The number of likely N-dealkylation sites (tertiary alicyclic amines) is 1. The van der Waals surface area contributed by atoms with E-state index in [0.29, 0.717) is 83.6 Å². The summed E-state index contributed by atoms with van der Waals surface area (Å²) >= 11 is 0. The molecule has 1 atom stereocenters. The molecule has 55 heavy (non-hydrogen) atoms. The molecule has 1 N–H and O–H groups in total. The largest absolute Gasteiger partial charge is 0.508 e. The molecule has 0 unspecified atom stereocenters. The monoisotopic (exact) mass is 733 g/mol. The highest BCUT2D eigenvalue weighted by molar-refractivity contribution is 6.13. The van der Waals surface area contributed by atoms with Crippen molar-refractivity contribution >= 4 is 34.2 Å². The van der Waals surface area contributed by atoms with Gasteiger partial charge >= 0.3 is 0 Å². The number of anilines is 2. The molecule has 3 aliphatic heterocycles. The summed E-state index contributed by atoms with van der Waals surface area (Å²) in [5.41, 5.74) is 7.10. The number of fused-ring (bicyclic) bond motifs is 3. The fourth-order valence-electron chi connectivity index (χ4n) is 8.12. The van der Waals surface area contributed by atoms with Gasteiger partial charge in [0.2, 0.25) is 6.79 Å². The van der Waals surface area contributed by atoms with Crippen molar-refractivity contribution in [2.24, 2.45) is 20.0 Å². The summed E-state index contributed by atoms with van der Waals surface area (Å²) in [6.07, 6.45) is 4.30. The molecule has 2 amide bonds. The molecule has 0 saturated carbocycles. The van der Waals surface area contributed by atoms with Crippen molar-refractivity contribution in [1.82, 2.24) is 23.9 Å². The number of carbonyl (C=O) groups excluding carboxylic acids is 2. The molecule has 1 fully saturated rings. The van der Waals surface area contributed by atoms with Gasteiger partial charge in [-0.15, -0.1) is 0 Å².